The van der Waals surface area contributed by atoms with E-state index in [1.165, 1.54) is 12.1 Å². The van der Waals surface area contributed by atoms with Crippen LogP contribution in [0, 0.1) is 17.6 Å². The molecule has 1 aromatic rings. The number of hydrogen-bond acceptors (Lipinski definition) is 2. The van der Waals surface area contributed by atoms with Gasteiger partial charge in [0.2, 0.25) is 0 Å². The number of rotatable bonds is 7. The highest BCUT2D eigenvalue weighted by Gasteiger charge is 2.03. The summed E-state index contributed by atoms with van der Waals surface area (Å²) < 4.78 is 26.1. The van der Waals surface area contributed by atoms with E-state index in [0.29, 0.717) is 31.0 Å². The van der Waals surface area contributed by atoms with Gasteiger partial charge in [-0.2, -0.15) is 0 Å². The molecule has 0 saturated carbocycles. The third-order valence-corrected chi connectivity index (χ3v) is 2.80. The quantitative estimate of drug-likeness (QED) is 0.718. The highest BCUT2D eigenvalue weighted by Crippen LogP contribution is 2.09. The predicted octanol–water partition coefficient (Wildman–Crippen LogP) is 2.08. The first-order valence-corrected chi connectivity index (χ1v) is 5.98. The summed E-state index contributed by atoms with van der Waals surface area (Å²) >= 11 is 0. The van der Waals surface area contributed by atoms with Gasteiger partial charge >= 0.3 is 0 Å². The van der Waals surface area contributed by atoms with E-state index in [1.807, 2.05) is 0 Å². The molecule has 0 amide bonds. The van der Waals surface area contributed by atoms with Gasteiger partial charge in [-0.15, -0.1) is 0 Å². The van der Waals surface area contributed by atoms with Crippen LogP contribution in [-0.2, 0) is 6.42 Å². The average Bonchev–Trinajstić information content (AvgIpc) is 2.32. The fourth-order valence-electron chi connectivity index (χ4n) is 1.55. The van der Waals surface area contributed by atoms with E-state index < -0.39 is 5.82 Å². The van der Waals surface area contributed by atoms with E-state index in [-0.39, 0.29) is 5.82 Å². The minimum atomic E-state index is -0.391. The number of benzene rings is 1. The summed E-state index contributed by atoms with van der Waals surface area (Å²) in [5.74, 6) is -0.241. The van der Waals surface area contributed by atoms with Crippen molar-refractivity contribution in [1.29, 1.82) is 0 Å². The Morgan fingerprint density at radius 3 is 2.76 bits per heavy atom. The lowest BCUT2D eigenvalue weighted by Gasteiger charge is -2.09. The van der Waals surface area contributed by atoms with Crippen molar-refractivity contribution in [1.82, 2.24) is 5.32 Å². The van der Waals surface area contributed by atoms with Crippen molar-refractivity contribution in [3.63, 3.8) is 0 Å². The maximum absolute atomic E-state index is 13.3. The summed E-state index contributed by atoms with van der Waals surface area (Å²) in [6.07, 6.45) is 1.50. The normalized spacial score (nSPS) is 12.7. The Bertz CT molecular complexity index is 342. The summed E-state index contributed by atoms with van der Waals surface area (Å²) in [6.45, 7) is 4.28. The monoisotopic (exact) mass is 242 g/mol. The van der Waals surface area contributed by atoms with Crippen LogP contribution in [0.15, 0.2) is 18.2 Å². The molecule has 1 aromatic carbocycles. The molecule has 0 fully saturated rings. The van der Waals surface area contributed by atoms with Gasteiger partial charge in [-0.3, -0.25) is 0 Å². The van der Waals surface area contributed by atoms with Crippen LogP contribution in [-0.4, -0.2) is 19.6 Å². The van der Waals surface area contributed by atoms with E-state index in [2.05, 4.69) is 12.2 Å². The predicted molar refractivity (Wildman–Crippen MR) is 65.8 cm³/mol. The SMILES string of the molecule is CC(CN)CCNCCc1cc(F)ccc1F. The smallest absolute Gasteiger partial charge is 0.126 e. The lowest BCUT2D eigenvalue weighted by Crippen LogP contribution is -2.22. The van der Waals surface area contributed by atoms with Crippen molar-refractivity contribution in [2.75, 3.05) is 19.6 Å². The second kappa shape index (κ2) is 7.35. The molecule has 96 valence electrons. The molecule has 17 heavy (non-hydrogen) atoms. The van der Waals surface area contributed by atoms with Gasteiger partial charge in [0.15, 0.2) is 0 Å². The fraction of sp³-hybridized carbons (Fsp3) is 0.538. The van der Waals surface area contributed by atoms with Crippen molar-refractivity contribution in [2.24, 2.45) is 11.7 Å². The van der Waals surface area contributed by atoms with Gasteiger partial charge in [0, 0.05) is 0 Å². The summed E-state index contributed by atoms with van der Waals surface area (Å²) in [5.41, 5.74) is 5.92. The molecule has 1 rings (SSSR count). The standard InChI is InChI=1S/C13H20F2N2/c1-10(9-16)4-6-17-7-5-11-8-12(14)2-3-13(11)15/h2-3,8,10,17H,4-7,9,16H2,1H3. The molecule has 1 unspecified atom stereocenters. The number of nitrogens with two attached hydrogens (primary N) is 1. The van der Waals surface area contributed by atoms with Gasteiger partial charge in [0.1, 0.15) is 11.6 Å². The van der Waals surface area contributed by atoms with E-state index in [1.54, 1.807) is 0 Å². The van der Waals surface area contributed by atoms with Crippen molar-refractivity contribution >= 4 is 0 Å². The first kappa shape index (κ1) is 14.1. The molecule has 0 bridgehead atoms. The second-order valence-corrected chi connectivity index (χ2v) is 4.37. The first-order chi connectivity index (χ1) is 8.13. The van der Waals surface area contributed by atoms with Crippen LogP contribution >= 0.6 is 0 Å². The first-order valence-electron chi connectivity index (χ1n) is 5.98. The summed E-state index contributed by atoms with van der Waals surface area (Å²) in [4.78, 5) is 0. The molecule has 0 spiro atoms. The molecule has 3 N–H and O–H groups in total. The summed E-state index contributed by atoms with van der Waals surface area (Å²) in [5, 5.41) is 3.20. The fourth-order valence-corrected chi connectivity index (χ4v) is 1.55. The van der Waals surface area contributed by atoms with Crippen LogP contribution in [0.3, 0.4) is 0 Å². The third-order valence-electron chi connectivity index (χ3n) is 2.80. The Labute approximate surface area is 101 Å². The van der Waals surface area contributed by atoms with Crippen LogP contribution in [0.25, 0.3) is 0 Å². The molecule has 1 atom stereocenters. The van der Waals surface area contributed by atoms with Gasteiger partial charge in [0.25, 0.3) is 0 Å². The molecule has 0 saturated heterocycles. The van der Waals surface area contributed by atoms with Crippen molar-refractivity contribution in [3.05, 3.63) is 35.4 Å². The zero-order valence-corrected chi connectivity index (χ0v) is 10.2. The molecular formula is C13H20F2N2. The lowest BCUT2D eigenvalue weighted by molar-refractivity contribution is 0.508. The van der Waals surface area contributed by atoms with Gasteiger partial charge < -0.3 is 11.1 Å². The molecule has 0 radical (unpaired) electrons. The Balaban J connectivity index is 2.24. The topological polar surface area (TPSA) is 38.0 Å². The number of hydrogen-bond donors (Lipinski definition) is 2. The van der Waals surface area contributed by atoms with Crippen LogP contribution < -0.4 is 11.1 Å². The van der Waals surface area contributed by atoms with Gasteiger partial charge in [-0.1, -0.05) is 6.92 Å². The Morgan fingerprint density at radius 2 is 2.06 bits per heavy atom. The van der Waals surface area contributed by atoms with E-state index in [4.69, 9.17) is 5.73 Å². The average molecular weight is 242 g/mol. The zero-order valence-electron chi connectivity index (χ0n) is 10.2. The summed E-state index contributed by atoms with van der Waals surface area (Å²) in [6, 6.07) is 3.55. The minimum Gasteiger partial charge on any atom is -0.330 e. The van der Waals surface area contributed by atoms with Gasteiger partial charge in [0.05, 0.1) is 0 Å². The molecule has 0 aliphatic rings. The maximum atomic E-state index is 13.3. The van der Waals surface area contributed by atoms with Crippen molar-refractivity contribution < 1.29 is 8.78 Å². The summed E-state index contributed by atoms with van der Waals surface area (Å²) in [7, 11) is 0. The van der Waals surface area contributed by atoms with Gasteiger partial charge in [-0.05, 0) is 62.2 Å². The number of nitrogens with one attached hydrogen (secondary N) is 1. The molecule has 0 aliphatic carbocycles. The molecular weight excluding hydrogens is 222 g/mol. The van der Waals surface area contributed by atoms with Crippen LogP contribution in [0.1, 0.15) is 18.9 Å². The lowest BCUT2D eigenvalue weighted by atomic mass is 10.1. The van der Waals surface area contributed by atoms with Gasteiger partial charge in [-0.25, -0.2) is 8.78 Å². The molecule has 0 aliphatic heterocycles. The van der Waals surface area contributed by atoms with Crippen molar-refractivity contribution in [3.8, 4) is 0 Å². The minimum absolute atomic E-state index is 0.344. The van der Waals surface area contributed by atoms with E-state index >= 15 is 0 Å². The van der Waals surface area contributed by atoms with Crippen molar-refractivity contribution in [2.45, 2.75) is 19.8 Å². The Hall–Kier alpha value is -1.00. The highest BCUT2D eigenvalue weighted by atomic mass is 19.1. The molecule has 0 aromatic heterocycles. The molecule has 4 heteroatoms. The zero-order chi connectivity index (χ0) is 12.7. The largest absolute Gasteiger partial charge is 0.330 e. The Kier molecular flexibility index (Phi) is 6.08. The third kappa shape index (κ3) is 5.24. The second-order valence-electron chi connectivity index (χ2n) is 4.37. The van der Waals surface area contributed by atoms with Crippen LogP contribution in [0.4, 0.5) is 8.78 Å². The van der Waals surface area contributed by atoms with E-state index in [0.717, 1.165) is 19.0 Å². The highest BCUT2D eigenvalue weighted by molar-refractivity contribution is 5.18. The maximum Gasteiger partial charge on any atom is 0.126 e. The molecule has 0 heterocycles. The van der Waals surface area contributed by atoms with Crippen LogP contribution in [0.2, 0.25) is 0 Å². The molecule has 2 nitrogen and oxygen atoms in total. The van der Waals surface area contributed by atoms with E-state index in [9.17, 15) is 8.78 Å². The number of halogens is 2. The Morgan fingerprint density at radius 1 is 1.29 bits per heavy atom. The van der Waals surface area contributed by atoms with Crippen LogP contribution in [0.5, 0.6) is 0 Å².